The summed E-state index contributed by atoms with van der Waals surface area (Å²) in [6.07, 6.45) is 1.67. The fourth-order valence-electron chi connectivity index (χ4n) is 2.15. The second-order valence-corrected chi connectivity index (χ2v) is 4.69. The van der Waals surface area contributed by atoms with Gasteiger partial charge in [0.15, 0.2) is 0 Å². The van der Waals surface area contributed by atoms with Crippen LogP contribution in [0.5, 0.6) is 0 Å². The molecule has 0 aromatic heterocycles. The Morgan fingerprint density at radius 1 is 1.39 bits per heavy atom. The predicted octanol–water partition coefficient (Wildman–Crippen LogP) is 3.42. The van der Waals surface area contributed by atoms with Crippen LogP contribution < -0.4 is 5.32 Å². The molecule has 0 saturated heterocycles. The molecule has 0 bridgehead atoms. The van der Waals surface area contributed by atoms with Crippen molar-refractivity contribution in [3.63, 3.8) is 0 Å². The largest absolute Gasteiger partial charge is 0.380 e. The summed E-state index contributed by atoms with van der Waals surface area (Å²) < 4.78 is 18.7. The molecule has 0 heterocycles. The average Bonchev–Trinajstić information content (AvgIpc) is 2.35. The van der Waals surface area contributed by atoms with E-state index in [1.807, 2.05) is 6.92 Å². The van der Waals surface area contributed by atoms with Gasteiger partial charge in [-0.05, 0) is 43.1 Å². The molecule has 1 aromatic carbocycles. The van der Waals surface area contributed by atoms with Crippen molar-refractivity contribution in [3.8, 4) is 0 Å². The molecule has 4 heteroatoms. The summed E-state index contributed by atoms with van der Waals surface area (Å²) >= 11 is 6.10. The summed E-state index contributed by atoms with van der Waals surface area (Å²) in [5.74, 6) is -0.255. The molecule has 2 atom stereocenters. The molecule has 0 aliphatic rings. The summed E-state index contributed by atoms with van der Waals surface area (Å²) in [6, 6.07) is 4.61. The standard InChI is InChI=1S/C14H21ClFNO/c1-4-14(18-3)13(17-5-2)9-10-8-11(16)6-7-12(10)15/h6-8,13-14,17H,4-5,9H2,1-3H3. The highest BCUT2D eigenvalue weighted by molar-refractivity contribution is 6.31. The highest BCUT2D eigenvalue weighted by atomic mass is 35.5. The molecule has 2 nitrogen and oxygen atoms in total. The number of benzene rings is 1. The van der Waals surface area contributed by atoms with Gasteiger partial charge in [0.05, 0.1) is 6.10 Å². The van der Waals surface area contributed by atoms with Crippen molar-refractivity contribution < 1.29 is 9.13 Å². The lowest BCUT2D eigenvalue weighted by Gasteiger charge is -2.26. The van der Waals surface area contributed by atoms with Gasteiger partial charge in [0.25, 0.3) is 0 Å². The lowest BCUT2D eigenvalue weighted by Crippen LogP contribution is -2.42. The Balaban J connectivity index is 2.85. The third-order valence-electron chi connectivity index (χ3n) is 3.07. The first kappa shape index (κ1) is 15.4. The average molecular weight is 274 g/mol. The topological polar surface area (TPSA) is 21.3 Å². The summed E-state index contributed by atoms with van der Waals surface area (Å²) in [5.41, 5.74) is 0.818. The van der Waals surface area contributed by atoms with Gasteiger partial charge in [-0.3, -0.25) is 0 Å². The number of rotatable bonds is 7. The number of halogens is 2. The molecule has 0 aliphatic carbocycles. The maximum atomic E-state index is 13.2. The van der Waals surface area contributed by atoms with Crippen molar-refractivity contribution in [1.82, 2.24) is 5.32 Å². The van der Waals surface area contributed by atoms with Crippen molar-refractivity contribution in [3.05, 3.63) is 34.6 Å². The van der Waals surface area contributed by atoms with Crippen LogP contribution in [0.1, 0.15) is 25.8 Å². The Morgan fingerprint density at radius 2 is 2.11 bits per heavy atom. The number of likely N-dealkylation sites (N-methyl/N-ethyl adjacent to an activating group) is 1. The van der Waals surface area contributed by atoms with Crippen molar-refractivity contribution in [2.24, 2.45) is 0 Å². The number of hydrogen-bond donors (Lipinski definition) is 1. The monoisotopic (exact) mass is 273 g/mol. The zero-order valence-electron chi connectivity index (χ0n) is 11.2. The SMILES string of the molecule is CCNC(Cc1cc(F)ccc1Cl)C(CC)OC. The second kappa shape index (κ2) is 7.72. The zero-order valence-corrected chi connectivity index (χ0v) is 11.9. The normalized spacial score (nSPS) is 14.5. The highest BCUT2D eigenvalue weighted by Crippen LogP contribution is 2.20. The second-order valence-electron chi connectivity index (χ2n) is 4.29. The minimum Gasteiger partial charge on any atom is -0.380 e. The van der Waals surface area contributed by atoms with Crippen LogP contribution in [0.3, 0.4) is 0 Å². The molecule has 0 amide bonds. The highest BCUT2D eigenvalue weighted by Gasteiger charge is 2.20. The number of ether oxygens (including phenoxy) is 1. The van der Waals surface area contributed by atoms with E-state index < -0.39 is 0 Å². The Bertz CT molecular complexity index is 369. The summed E-state index contributed by atoms with van der Waals surface area (Å²) in [4.78, 5) is 0. The van der Waals surface area contributed by atoms with E-state index in [1.165, 1.54) is 12.1 Å². The van der Waals surface area contributed by atoms with Gasteiger partial charge >= 0.3 is 0 Å². The van der Waals surface area contributed by atoms with Crippen LogP contribution in [0.2, 0.25) is 5.02 Å². The van der Waals surface area contributed by atoms with Gasteiger partial charge < -0.3 is 10.1 Å². The molecule has 0 radical (unpaired) electrons. The molecule has 0 spiro atoms. The first-order chi connectivity index (χ1) is 8.62. The maximum absolute atomic E-state index is 13.2. The van der Waals surface area contributed by atoms with Gasteiger partial charge in [0, 0.05) is 18.2 Å². The molecule has 2 unspecified atom stereocenters. The Labute approximate surface area is 113 Å². The third kappa shape index (κ3) is 4.23. The van der Waals surface area contributed by atoms with E-state index in [1.54, 1.807) is 13.2 Å². The van der Waals surface area contributed by atoms with E-state index in [9.17, 15) is 4.39 Å². The van der Waals surface area contributed by atoms with Crippen LogP contribution in [0, 0.1) is 5.82 Å². The van der Waals surface area contributed by atoms with Gasteiger partial charge in [0.1, 0.15) is 5.82 Å². The summed E-state index contributed by atoms with van der Waals surface area (Å²) in [5, 5.41) is 3.98. The lowest BCUT2D eigenvalue weighted by molar-refractivity contribution is 0.0658. The minimum absolute atomic E-state index is 0.101. The fraction of sp³-hybridized carbons (Fsp3) is 0.571. The lowest BCUT2D eigenvalue weighted by atomic mass is 9.99. The predicted molar refractivity (Wildman–Crippen MR) is 73.7 cm³/mol. The number of hydrogen-bond acceptors (Lipinski definition) is 2. The molecule has 18 heavy (non-hydrogen) atoms. The zero-order chi connectivity index (χ0) is 13.5. The van der Waals surface area contributed by atoms with Crippen molar-refractivity contribution in [2.75, 3.05) is 13.7 Å². The van der Waals surface area contributed by atoms with Gasteiger partial charge in [-0.2, -0.15) is 0 Å². The van der Waals surface area contributed by atoms with E-state index in [2.05, 4.69) is 12.2 Å². The van der Waals surface area contributed by atoms with Crippen LogP contribution >= 0.6 is 11.6 Å². The van der Waals surface area contributed by atoms with E-state index >= 15 is 0 Å². The van der Waals surface area contributed by atoms with Crippen LogP contribution in [-0.2, 0) is 11.2 Å². The van der Waals surface area contributed by atoms with Crippen LogP contribution in [-0.4, -0.2) is 25.8 Å². The first-order valence-electron chi connectivity index (χ1n) is 6.32. The van der Waals surface area contributed by atoms with Crippen molar-refractivity contribution >= 4 is 11.6 Å². The molecule has 102 valence electrons. The molecule has 1 N–H and O–H groups in total. The van der Waals surface area contributed by atoms with E-state index in [0.717, 1.165) is 18.5 Å². The van der Waals surface area contributed by atoms with E-state index in [0.29, 0.717) is 11.4 Å². The van der Waals surface area contributed by atoms with Gasteiger partial charge in [-0.15, -0.1) is 0 Å². The molecular formula is C14H21ClFNO. The Hall–Kier alpha value is -0.640. The van der Waals surface area contributed by atoms with Crippen LogP contribution in [0.25, 0.3) is 0 Å². The third-order valence-corrected chi connectivity index (χ3v) is 3.44. The summed E-state index contributed by atoms with van der Waals surface area (Å²) in [7, 11) is 1.70. The van der Waals surface area contributed by atoms with Gasteiger partial charge in [-0.25, -0.2) is 4.39 Å². The molecular weight excluding hydrogens is 253 g/mol. The van der Waals surface area contributed by atoms with Crippen LogP contribution in [0.15, 0.2) is 18.2 Å². The molecule has 0 saturated carbocycles. The molecule has 0 aliphatic heterocycles. The smallest absolute Gasteiger partial charge is 0.123 e. The fourth-order valence-corrected chi connectivity index (χ4v) is 2.34. The minimum atomic E-state index is -0.255. The Kier molecular flexibility index (Phi) is 6.61. The van der Waals surface area contributed by atoms with E-state index in [4.69, 9.17) is 16.3 Å². The Morgan fingerprint density at radius 3 is 2.67 bits per heavy atom. The number of nitrogens with one attached hydrogen (secondary N) is 1. The quantitative estimate of drug-likeness (QED) is 0.822. The molecule has 1 rings (SSSR count). The van der Waals surface area contributed by atoms with Crippen molar-refractivity contribution in [1.29, 1.82) is 0 Å². The maximum Gasteiger partial charge on any atom is 0.123 e. The van der Waals surface area contributed by atoms with E-state index in [-0.39, 0.29) is 18.0 Å². The number of methoxy groups -OCH3 is 1. The summed E-state index contributed by atoms with van der Waals surface area (Å²) in [6.45, 7) is 4.96. The van der Waals surface area contributed by atoms with Gasteiger partial charge in [-0.1, -0.05) is 25.4 Å². The molecule has 0 fully saturated rings. The first-order valence-corrected chi connectivity index (χ1v) is 6.70. The van der Waals surface area contributed by atoms with Gasteiger partial charge in [0.2, 0.25) is 0 Å². The van der Waals surface area contributed by atoms with Crippen molar-refractivity contribution in [2.45, 2.75) is 38.8 Å². The van der Waals surface area contributed by atoms with Crippen LogP contribution in [0.4, 0.5) is 4.39 Å². The molecule has 1 aromatic rings.